The van der Waals surface area contributed by atoms with E-state index in [1.807, 2.05) is 36.4 Å². The molecule has 3 aromatic rings. The van der Waals surface area contributed by atoms with E-state index in [-0.39, 0.29) is 5.02 Å². The maximum atomic E-state index is 13.2. The molecule has 3 rings (SSSR count). The summed E-state index contributed by atoms with van der Waals surface area (Å²) in [5, 5.41) is 6.11. The Kier molecular flexibility index (Phi) is 4.39. The molecule has 0 saturated carbocycles. The van der Waals surface area contributed by atoms with Gasteiger partial charge in [0.1, 0.15) is 11.6 Å². The summed E-state index contributed by atoms with van der Waals surface area (Å²) in [6.07, 6.45) is 0. The molecule has 2 N–H and O–H groups in total. The Hall–Kier alpha value is -2.66. The minimum absolute atomic E-state index is 0.0566. The SMILES string of the molecule is CNc1nc(Nc2ccc(F)c(Cl)c2)cc(-c2ccccc2)n1. The van der Waals surface area contributed by atoms with Crippen LogP contribution in [0.5, 0.6) is 0 Å². The molecule has 116 valence electrons. The van der Waals surface area contributed by atoms with E-state index >= 15 is 0 Å². The summed E-state index contributed by atoms with van der Waals surface area (Å²) in [6.45, 7) is 0. The largest absolute Gasteiger partial charge is 0.357 e. The maximum absolute atomic E-state index is 13.2. The van der Waals surface area contributed by atoms with Crippen LogP contribution in [0.2, 0.25) is 5.02 Å². The van der Waals surface area contributed by atoms with Crippen LogP contribution < -0.4 is 10.6 Å². The molecule has 0 aliphatic heterocycles. The van der Waals surface area contributed by atoms with Gasteiger partial charge in [0, 0.05) is 24.4 Å². The molecule has 0 amide bonds. The molecule has 2 aromatic carbocycles. The van der Waals surface area contributed by atoms with Crippen molar-refractivity contribution >= 4 is 29.1 Å². The topological polar surface area (TPSA) is 49.8 Å². The molecule has 1 aromatic heterocycles. The first kappa shape index (κ1) is 15.2. The Morgan fingerprint density at radius 2 is 1.78 bits per heavy atom. The molecule has 0 fully saturated rings. The molecule has 0 spiro atoms. The van der Waals surface area contributed by atoms with Crippen molar-refractivity contribution in [3.8, 4) is 11.3 Å². The fraction of sp³-hybridized carbons (Fsp3) is 0.0588. The smallest absolute Gasteiger partial charge is 0.224 e. The van der Waals surface area contributed by atoms with Gasteiger partial charge in [-0.25, -0.2) is 9.37 Å². The molecule has 0 aliphatic carbocycles. The Balaban J connectivity index is 1.97. The lowest BCUT2D eigenvalue weighted by Crippen LogP contribution is -2.02. The highest BCUT2D eigenvalue weighted by molar-refractivity contribution is 6.31. The molecule has 1 heterocycles. The second kappa shape index (κ2) is 6.62. The molecule has 0 saturated heterocycles. The highest BCUT2D eigenvalue weighted by Crippen LogP contribution is 2.25. The van der Waals surface area contributed by atoms with Gasteiger partial charge in [-0.2, -0.15) is 4.98 Å². The zero-order valence-corrected chi connectivity index (χ0v) is 13.1. The predicted molar refractivity (Wildman–Crippen MR) is 91.7 cm³/mol. The Bertz CT molecular complexity index is 824. The first-order valence-electron chi connectivity index (χ1n) is 7.00. The van der Waals surface area contributed by atoms with Gasteiger partial charge in [-0.15, -0.1) is 0 Å². The molecule has 6 heteroatoms. The summed E-state index contributed by atoms with van der Waals surface area (Å²) in [5.41, 5.74) is 2.41. The normalized spacial score (nSPS) is 10.4. The van der Waals surface area contributed by atoms with Gasteiger partial charge >= 0.3 is 0 Å². The highest BCUT2D eigenvalue weighted by atomic mass is 35.5. The van der Waals surface area contributed by atoms with Crippen LogP contribution in [-0.2, 0) is 0 Å². The van der Waals surface area contributed by atoms with Gasteiger partial charge in [-0.1, -0.05) is 41.9 Å². The van der Waals surface area contributed by atoms with Gasteiger partial charge in [0.15, 0.2) is 0 Å². The number of hydrogen-bond donors (Lipinski definition) is 2. The van der Waals surface area contributed by atoms with E-state index < -0.39 is 5.82 Å². The fourth-order valence-corrected chi connectivity index (χ4v) is 2.28. The lowest BCUT2D eigenvalue weighted by molar-refractivity contribution is 0.628. The van der Waals surface area contributed by atoms with Gasteiger partial charge in [-0.05, 0) is 18.2 Å². The number of nitrogens with zero attached hydrogens (tertiary/aromatic N) is 2. The van der Waals surface area contributed by atoms with Gasteiger partial charge in [0.2, 0.25) is 5.95 Å². The van der Waals surface area contributed by atoms with E-state index in [0.717, 1.165) is 11.3 Å². The van der Waals surface area contributed by atoms with Crippen molar-refractivity contribution in [1.29, 1.82) is 0 Å². The number of anilines is 3. The van der Waals surface area contributed by atoms with E-state index in [2.05, 4.69) is 20.6 Å². The molecule has 0 unspecified atom stereocenters. The van der Waals surface area contributed by atoms with Crippen LogP contribution in [0.4, 0.5) is 21.8 Å². The van der Waals surface area contributed by atoms with Crippen LogP contribution in [0.25, 0.3) is 11.3 Å². The fourth-order valence-electron chi connectivity index (χ4n) is 2.10. The number of aromatic nitrogens is 2. The van der Waals surface area contributed by atoms with E-state index in [4.69, 9.17) is 11.6 Å². The third kappa shape index (κ3) is 3.57. The van der Waals surface area contributed by atoms with Crippen LogP contribution in [0.1, 0.15) is 0 Å². The molecule has 0 radical (unpaired) electrons. The minimum atomic E-state index is -0.458. The summed E-state index contributed by atoms with van der Waals surface area (Å²) < 4.78 is 13.2. The predicted octanol–water partition coefficient (Wildman–Crippen LogP) is 4.72. The van der Waals surface area contributed by atoms with Crippen molar-refractivity contribution in [2.24, 2.45) is 0 Å². The summed E-state index contributed by atoms with van der Waals surface area (Å²) in [7, 11) is 1.75. The van der Waals surface area contributed by atoms with Gasteiger partial charge < -0.3 is 10.6 Å². The third-order valence-corrected chi connectivity index (χ3v) is 3.50. The van der Waals surface area contributed by atoms with E-state index in [1.54, 1.807) is 13.1 Å². The number of benzene rings is 2. The lowest BCUT2D eigenvalue weighted by atomic mass is 10.1. The molecule has 0 atom stereocenters. The maximum Gasteiger partial charge on any atom is 0.224 e. The third-order valence-electron chi connectivity index (χ3n) is 3.21. The molecule has 0 bridgehead atoms. The van der Waals surface area contributed by atoms with Crippen LogP contribution in [0.15, 0.2) is 54.6 Å². The lowest BCUT2D eigenvalue weighted by Gasteiger charge is -2.10. The van der Waals surface area contributed by atoms with Gasteiger partial charge in [0.05, 0.1) is 10.7 Å². The number of halogens is 2. The average Bonchev–Trinajstić information content (AvgIpc) is 2.58. The van der Waals surface area contributed by atoms with Gasteiger partial charge in [-0.3, -0.25) is 0 Å². The summed E-state index contributed by atoms with van der Waals surface area (Å²) in [4.78, 5) is 8.80. The molecule has 0 aliphatic rings. The number of rotatable bonds is 4. The van der Waals surface area contributed by atoms with Crippen molar-refractivity contribution in [2.75, 3.05) is 17.7 Å². The first-order valence-corrected chi connectivity index (χ1v) is 7.38. The molecule has 4 nitrogen and oxygen atoms in total. The minimum Gasteiger partial charge on any atom is -0.357 e. The van der Waals surface area contributed by atoms with E-state index in [0.29, 0.717) is 17.5 Å². The van der Waals surface area contributed by atoms with E-state index in [1.165, 1.54) is 12.1 Å². The van der Waals surface area contributed by atoms with E-state index in [9.17, 15) is 4.39 Å². The monoisotopic (exact) mass is 328 g/mol. The Labute approximate surface area is 138 Å². The Morgan fingerprint density at radius 1 is 1.00 bits per heavy atom. The Morgan fingerprint density at radius 3 is 2.48 bits per heavy atom. The quantitative estimate of drug-likeness (QED) is 0.727. The van der Waals surface area contributed by atoms with Gasteiger partial charge in [0.25, 0.3) is 0 Å². The zero-order valence-electron chi connectivity index (χ0n) is 12.3. The molecule has 23 heavy (non-hydrogen) atoms. The summed E-state index contributed by atoms with van der Waals surface area (Å²) in [6, 6.07) is 16.0. The number of nitrogens with one attached hydrogen (secondary N) is 2. The van der Waals surface area contributed by atoms with Crippen LogP contribution in [0, 0.1) is 5.82 Å². The van der Waals surface area contributed by atoms with Crippen LogP contribution in [0.3, 0.4) is 0 Å². The summed E-state index contributed by atoms with van der Waals surface area (Å²) >= 11 is 5.81. The van der Waals surface area contributed by atoms with Crippen LogP contribution in [-0.4, -0.2) is 17.0 Å². The second-order valence-corrected chi connectivity index (χ2v) is 5.24. The van der Waals surface area contributed by atoms with Crippen molar-refractivity contribution in [2.45, 2.75) is 0 Å². The molecular weight excluding hydrogens is 315 g/mol. The molecular formula is C17H14ClFN4. The second-order valence-electron chi connectivity index (χ2n) is 4.83. The van der Waals surface area contributed by atoms with Crippen molar-refractivity contribution in [1.82, 2.24) is 9.97 Å². The zero-order chi connectivity index (χ0) is 16.2. The standard InChI is InChI=1S/C17H14ClFN4/c1-20-17-22-15(11-5-3-2-4-6-11)10-16(23-17)21-12-7-8-14(19)13(18)9-12/h2-10H,1H3,(H2,20,21,22,23). The number of hydrogen-bond acceptors (Lipinski definition) is 4. The summed E-state index contributed by atoms with van der Waals surface area (Å²) in [5.74, 6) is 0.619. The first-order chi connectivity index (χ1) is 11.2. The van der Waals surface area contributed by atoms with Crippen LogP contribution >= 0.6 is 11.6 Å². The van der Waals surface area contributed by atoms with Crippen molar-refractivity contribution < 1.29 is 4.39 Å². The average molecular weight is 329 g/mol. The van der Waals surface area contributed by atoms with Crippen molar-refractivity contribution in [3.05, 3.63) is 65.4 Å². The van der Waals surface area contributed by atoms with Crippen molar-refractivity contribution in [3.63, 3.8) is 0 Å². The highest BCUT2D eigenvalue weighted by Gasteiger charge is 2.07.